The normalized spacial score (nSPS) is 27.5. The number of ether oxygens (including phenoxy) is 1. The van der Waals surface area contributed by atoms with Gasteiger partial charge >= 0.3 is 0 Å². The molecule has 0 radical (unpaired) electrons. The molecule has 2 aliphatic rings. The highest BCUT2D eigenvalue weighted by molar-refractivity contribution is 14.0. The molecule has 6 nitrogen and oxygen atoms in total. The van der Waals surface area contributed by atoms with E-state index in [2.05, 4.69) is 27.5 Å². The van der Waals surface area contributed by atoms with E-state index in [1.807, 2.05) is 17.1 Å². The Morgan fingerprint density at radius 1 is 1.48 bits per heavy atom. The van der Waals surface area contributed by atoms with Crippen LogP contribution in [0.4, 0.5) is 0 Å². The fraction of sp³-hybridized carbons (Fsp3) is 0.714. The van der Waals surface area contributed by atoms with Gasteiger partial charge in [0.05, 0.1) is 31.1 Å². The molecule has 2 N–H and O–H groups in total. The van der Waals surface area contributed by atoms with E-state index < -0.39 is 0 Å². The zero-order valence-electron chi connectivity index (χ0n) is 12.4. The van der Waals surface area contributed by atoms with Gasteiger partial charge in [0.15, 0.2) is 5.96 Å². The van der Waals surface area contributed by atoms with Gasteiger partial charge in [-0.25, -0.2) is 4.98 Å². The molecule has 0 aromatic carbocycles. The second-order valence-electron chi connectivity index (χ2n) is 5.42. The van der Waals surface area contributed by atoms with Gasteiger partial charge in [-0.15, -0.1) is 24.0 Å². The quantitative estimate of drug-likeness (QED) is 0.442. The zero-order chi connectivity index (χ0) is 13.8. The summed E-state index contributed by atoms with van der Waals surface area (Å²) in [6, 6.07) is 0.416. The van der Waals surface area contributed by atoms with Crippen molar-refractivity contribution in [3.8, 4) is 0 Å². The topological polar surface area (TPSA) is 63.5 Å². The number of rotatable bonds is 5. The third-order valence-corrected chi connectivity index (χ3v) is 3.96. The van der Waals surface area contributed by atoms with Crippen molar-refractivity contribution in [2.45, 2.75) is 51.0 Å². The lowest BCUT2D eigenvalue weighted by atomic mass is 9.96. The largest absolute Gasteiger partial charge is 0.373 e. The van der Waals surface area contributed by atoms with Crippen molar-refractivity contribution >= 4 is 29.9 Å². The van der Waals surface area contributed by atoms with Gasteiger partial charge in [0.25, 0.3) is 0 Å². The molecule has 2 aliphatic heterocycles. The van der Waals surface area contributed by atoms with E-state index >= 15 is 0 Å². The summed E-state index contributed by atoms with van der Waals surface area (Å²) in [6.07, 6.45) is 9.91. The van der Waals surface area contributed by atoms with E-state index in [-0.39, 0.29) is 24.0 Å². The van der Waals surface area contributed by atoms with Crippen LogP contribution in [0.1, 0.15) is 26.2 Å². The third-order valence-electron chi connectivity index (χ3n) is 3.96. The molecule has 1 aromatic rings. The molecule has 7 heteroatoms. The highest BCUT2D eigenvalue weighted by atomic mass is 127. The molecule has 3 unspecified atom stereocenters. The van der Waals surface area contributed by atoms with Gasteiger partial charge in [-0.1, -0.05) is 0 Å². The van der Waals surface area contributed by atoms with Gasteiger partial charge in [0.1, 0.15) is 0 Å². The van der Waals surface area contributed by atoms with E-state index in [9.17, 15) is 0 Å². The van der Waals surface area contributed by atoms with Crippen LogP contribution >= 0.6 is 24.0 Å². The maximum atomic E-state index is 5.87. The lowest BCUT2D eigenvalue weighted by Crippen LogP contribution is -2.47. The van der Waals surface area contributed by atoms with E-state index in [0.29, 0.717) is 18.2 Å². The highest BCUT2D eigenvalue weighted by Gasteiger charge is 2.41. The molecule has 0 saturated carbocycles. The molecule has 3 heterocycles. The van der Waals surface area contributed by atoms with Crippen LogP contribution in [-0.2, 0) is 11.3 Å². The van der Waals surface area contributed by atoms with Gasteiger partial charge < -0.3 is 19.9 Å². The Balaban J connectivity index is 0.00000161. The summed E-state index contributed by atoms with van der Waals surface area (Å²) >= 11 is 0. The fourth-order valence-electron chi connectivity index (χ4n) is 2.98. The number of hydrogen-bond acceptors (Lipinski definition) is 3. The average molecular weight is 405 g/mol. The number of aromatic nitrogens is 2. The minimum absolute atomic E-state index is 0. The maximum absolute atomic E-state index is 5.87. The number of halogens is 1. The molecule has 3 atom stereocenters. The average Bonchev–Trinajstić information content (AvgIpc) is 3.16. The number of fused-ring (bicyclic) bond motifs is 2. The Kier molecular flexibility index (Phi) is 6.28. The van der Waals surface area contributed by atoms with E-state index in [4.69, 9.17) is 4.74 Å². The molecule has 2 bridgehead atoms. The first-order valence-electron chi connectivity index (χ1n) is 7.51. The number of nitrogens with one attached hydrogen (secondary N) is 2. The molecule has 0 spiro atoms. The Labute approximate surface area is 142 Å². The van der Waals surface area contributed by atoms with E-state index in [1.54, 1.807) is 6.20 Å². The van der Waals surface area contributed by atoms with Crippen molar-refractivity contribution in [1.29, 1.82) is 0 Å². The van der Waals surface area contributed by atoms with Gasteiger partial charge in [0, 0.05) is 25.5 Å². The summed E-state index contributed by atoms with van der Waals surface area (Å²) < 4.78 is 7.91. The molecule has 2 fully saturated rings. The minimum Gasteiger partial charge on any atom is -0.373 e. The SMILES string of the molecule is CCNC(=NCCn1ccnc1)NC1CC2CCC1O2.I. The summed E-state index contributed by atoms with van der Waals surface area (Å²) in [5, 5.41) is 6.82. The van der Waals surface area contributed by atoms with Gasteiger partial charge in [0.2, 0.25) is 0 Å². The van der Waals surface area contributed by atoms with Gasteiger partial charge in [-0.2, -0.15) is 0 Å². The summed E-state index contributed by atoms with van der Waals surface area (Å²) in [4.78, 5) is 8.66. The standard InChI is InChI=1S/C14H23N5O.HI/c1-2-16-14(17-6-8-19-7-5-15-10-19)18-12-9-11-3-4-13(12)20-11;/h5,7,10-13H,2-4,6,8-9H2,1H3,(H2,16,17,18);1H. The smallest absolute Gasteiger partial charge is 0.191 e. The van der Waals surface area contributed by atoms with Gasteiger partial charge in [-0.3, -0.25) is 4.99 Å². The summed E-state index contributed by atoms with van der Waals surface area (Å²) in [7, 11) is 0. The highest BCUT2D eigenvalue weighted by Crippen LogP contribution is 2.34. The minimum atomic E-state index is 0. The second kappa shape index (κ2) is 7.98. The molecule has 1 aromatic heterocycles. The molecule has 0 amide bonds. The first-order valence-corrected chi connectivity index (χ1v) is 7.51. The van der Waals surface area contributed by atoms with E-state index in [0.717, 1.165) is 32.0 Å². The van der Waals surface area contributed by atoms with Crippen LogP contribution in [0, 0.1) is 0 Å². The van der Waals surface area contributed by atoms with Gasteiger partial charge in [-0.05, 0) is 26.2 Å². The summed E-state index contributed by atoms with van der Waals surface area (Å²) in [5.74, 6) is 0.897. The third kappa shape index (κ3) is 4.32. The Morgan fingerprint density at radius 2 is 2.38 bits per heavy atom. The number of aliphatic imine (C=N–C) groups is 1. The lowest BCUT2D eigenvalue weighted by Gasteiger charge is -2.22. The monoisotopic (exact) mass is 405 g/mol. The first-order chi connectivity index (χ1) is 9.85. The molecular weight excluding hydrogens is 381 g/mol. The van der Waals surface area contributed by atoms with Crippen LogP contribution in [0.15, 0.2) is 23.7 Å². The van der Waals surface area contributed by atoms with Crippen molar-refractivity contribution in [3.05, 3.63) is 18.7 Å². The molecule has 0 aliphatic carbocycles. The number of nitrogens with zero attached hydrogens (tertiary/aromatic N) is 3. The molecular formula is C14H24IN5O. The van der Waals surface area contributed by atoms with Crippen molar-refractivity contribution in [2.24, 2.45) is 4.99 Å². The number of imidazole rings is 1. The van der Waals surface area contributed by atoms with Crippen LogP contribution in [0.2, 0.25) is 0 Å². The predicted molar refractivity (Wildman–Crippen MR) is 93.1 cm³/mol. The fourth-order valence-corrected chi connectivity index (χ4v) is 2.98. The second-order valence-corrected chi connectivity index (χ2v) is 5.42. The lowest BCUT2D eigenvalue weighted by molar-refractivity contribution is 0.0992. The van der Waals surface area contributed by atoms with Crippen molar-refractivity contribution in [3.63, 3.8) is 0 Å². The first kappa shape index (κ1) is 16.5. The van der Waals surface area contributed by atoms with Crippen LogP contribution in [0.5, 0.6) is 0 Å². The van der Waals surface area contributed by atoms with Crippen LogP contribution < -0.4 is 10.6 Å². The number of guanidine groups is 1. The van der Waals surface area contributed by atoms with E-state index in [1.165, 1.54) is 12.8 Å². The van der Waals surface area contributed by atoms with Crippen LogP contribution in [0.3, 0.4) is 0 Å². The van der Waals surface area contributed by atoms with Crippen molar-refractivity contribution < 1.29 is 4.74 Å². The Bertz CT molecular complexity index is 450. The summed E-state index contributed by atoms with van der Waals surface area (Å²) in [6.45, 7) is 4.56. The molecule has 3 rings (SSSR count). The van der Waals surface area contributed by atoms with Crippen molar-refractivity contribution in [1.82, 2.24) is 20.2 Å². The Morgan fingerprint density at radius 3 is 3.00 bits per heavy atom. The Hall–Kier alpha value is -0.830. The molecule has 21 heavy (non-hydrogen) atoms. The number of hydrogen-bond donors (Lipinski definition) is 2. The van der Waals surface area contributed by atoms with Crippen LogP contribution in [0.25, 0.3) is 0 Å². The molecule has 118 valence electrons. The predicted octanol–water partition coefficient (Wildman–Crippen LogP) is 1.38. The van der Waals surface area contributed by atoms with Crippen molar-refractivity contribution in [2.75, 3.05) is 13.1 Å². The molecule has 2 saturated heterocycles. The maximum Gasteiger partial charge on any atom is 0.191 e. The summed E-state index contributed by atoms with van der Waals surface area (Å²) in [5.41, 5.74) is 0. The van der Waals surface area contributed by atoms with Crippen LogP contribution in [-0.4, -0.2) is 46.8 Å². The zero-order valence-corrected chi connectivity index (χ0v) is 14.7.